The molecule has 0 aromatic heterocycles. The summed E-state index contributed by atoms with van der Waals surface area (Å²) in [5.74, 6) is 0. The topological polar surface area (TPSA) is 44.8 Å². The number of ether oxygens (including phenoxy) is 1. The van der Waals surface area contributed by atoms with Crippen molar-refractivity contribution in [1.29, 1.82) is 0 Å². The van der Waals surface area contributed by atoms with Gasteiger partial charge in [-0.25, -0.2) is 4.79 Å². The Hall–Kier alpha value is -0.810. The van der Waals surface area contributed by atoms with Crippen LogP contribution in [0.1, 0.15) is 53.9 Å². The van der Waals surface area contributed by atoms with Gasteiger partial charge < -0.3 is 15.0 Å². The lowest BCUT2D eigenvalue weighted by Gasteiger charge is -2.36. The van der Waals surface area contributed by atoms with Gasteiger partial charge >= 0.3 is 6.09 Å². The molecule has 0 unspecified atom stereocenters. The molecule has 1 aliphatic rings. The number of nitrogens with one attached hydrogen (secondary N) is 1. The van der Waals surface area contributed by atoms with Gasteiger partial charge in [-0.2, -0.15) is 0 Å². The molecule has 0 spiro atoms. The molecule has 130 valence electrons. The van der Waals surface area contributed by atoms with E-state index in [9.17, 15) is 4.79 Å². The summed E-state index contributed by atoms with van der Waals surface area (Å²) in [6.07, 6.45) is 3.00. The Morgan fingerprint density at radius 3 is 2.27 bits per heavy atom. The normalized spacial score (nSPS) is 20.5. The number of nitrogens with zero attached hydrogens (tertiary/aromatic N) is 2. The number of alkyl carbamates (subject to hydrolysis) is 1. The maximum Gasteiger partial charge on any atom is 0.407 e. The van der Waals surface area contributed by atoms with Crippen molar-refractivity contribution in [2.75, 3.05) is 33.2 Å². The Morgan fingerprint density at radius 2 is 1.73 bits per heavy atom. The summed E-state index contributed by atoms with van der Waals surface area (Å²) < 4.78 is 5.28. The Labute approximate surface area is 136 Å². The van der Waals surface area contributed by atoms with Crippen molar-refractivity contribution in [3.05, 3.63) is 0 Å². The second-order valence-corrected chi connectivity index (χ2v) is 7.67. The first-order chi connectivity index (χ1) is 10.2. The fraction of sp³-hybridized carbons (Fsp3) is 0.941. The maximum atomic E-state index is 11.7. The van der Waals surface area contributed by atoms with E-state index in [0.29, 0.717) is 6.04 Å². The van der Waals surface area contributed by atoms with Crippen LogP contribution < -0.4 is 5.32 Å². The highest BCUT2D eigenvalue weighted by molar-refractivity contribution is 5.67. The third-order valence-corrected chi connectivity index (χ3v) is 4.18. The number of amides is 1. The van der Waals surface area contributed by atoms with E-state index in [1.54, 1.807) is 0 Å². The van der Waals surface area contributed by atoms with Crippen LogP contribution in [0.15, 0.2) is 0 Å². The van der Waals surface area contributed by atoms with Gasteiger partial charge in [0, 0.05) is 38.3 Å². The first-order valence-corrected chi connectivity index (χ1v) is 8.59. The lowest BCUT2D eigenvalue weighted by molar-refractivity contribution is 0.0505. The third-order valence-electron chi connectivity index (χ3n) is 4.18. The lowest BCUT2D eigenvalue weighted by Crippen LogP contribution is -2.48. The van der Waals surface area contributed by atoms with Gasteiger partial charge in [-0.3, -0.25) is 4.90 Å². The number of rotatable bonds is 6. The minimum absolute atomic E-state index is 0.162. The van der Waals surface area contributed by atoms with Crippen LogP contribution in [0.5, 0.6) is 0 Å². The van der Waals surface area contributed by atoms with Gasteiger partial charge in [0.25, 0.3) is 0 Å². The number of likely N-dealkylation sites (N-methyl/N-ethyl adjacent to an activating group) is 1. The molecule has 5 heteroatoms. The average Bonchev–Trinajstić information content (AvgIpc) is 2.36. The highest BCUT2D eigenvalue weighted by atomic mass is 16.6. The summed E-state index contributed by atoms with van der Waals surface area (Å²) in [5, 5.41) is 2.91. The Bertz CT molecular complexity index is 333. The molecule has 1 N–H and O–H groups in total. The van der Waals surface area contributed by atoms with E-state index in [2.05, 4.69) is 29.1 Å². The molecule has 1 rings (SSSR count). The van der Waals surface area contributed by atoms with Gasteiger partial charge in [-0.05, 0) is 60.9 Å². The second-order valence-electron chi connectivity index (χ2n) is 7.67. The molecule has 5 nitrogen and oxygen atoms in total. The van der Waals surface area contributed by atoms with E-state index in [0.717, 1.165) is 12.8 Å². The number of piperazine rings is 1. The fourth-order valence-electron chi connectivity index (χ4n) is 2.75. The van der Waals surface area contributed by atoms with Gasteiger partial charge in [0.1, 0.15) is 5.60 Å². The molecule has 2 atom stereocenters. The van der Waals surface area contributed by atoms with Crippen molar-refractivity contribution in [1.82, 2.24) is 15.1 Å². The summed E-state index contributed by atoms with van der Waals surface area (Å²) in [5.41, 5.74) is -0.431. The van der Waals surface area contributed by atoms with Crippen molar-refractivity contribution in [2.45, 2.75) is 71.6 Å². The standard InChI is InChI=1S/C17H35N3O2/c1-14(18-16(21)22-17(3,4)5)8-7-9-15(2)20-12-10-19(6)11-13-20/h14-15H,7-13H2,1-6H3,(H,18,21)/t14-,15-/m0/s1. The number of carbonyl (C=O) groups excluding carboxylic acids is 1. The third kappa shape index (κ3) is 7.99. The highest BCUT2D eigenvalue weighted by Gasteiger charge is 2.20. The van der Waals surface area contributed by atoms with Crippen LogP contribution in [0.2, 0.25) is 0 Å². The SMILES string of the molecule is C[C@@H](CCC[C@H](C)N1CCN(C)CC1)NC(=O)OC(C)(C)C. The fourth-order valence-corrected chi connectivity index (χ4v) is 2.75. The molecule has 1 aliphatic heterocycles. The van der Waals surface area contributed by atoms with Crippen LogP contribution in [0.4, 0.5) is 4.79 Å². The molecule has 0 aromatic carbocycles. The summed E-state index contributed by atoms with van der Waals surface area (Å²) >= 11 is 0. The molecule has 0 aromatic rings. The predicted molar refractivity (Wildman–Crippen MR) is 91.2 cm³/mol. The Balaban J connectivity index is 2.16. The van der Waals surface area contributed by atoms with Crippen molar-refractivity contribution >= 4 is 6.09 Å². The second kappa shape index (κ2) is 8.73. The zero-order valence-corrected chi connectivity index (χ0v) is 15.3. The number of hydrogen-bond donors (Lipinski definition) is 1. The summed E-state index contributed by atoms with van der Waals surface area (Å²) in [6, 6.07) is 0.789. The molecule has 0 saturated carbocycles. The van der Waals surface area contributed by atoms with Gasteiger partial charge in [0.15, 0.2) is 0 Å². The quantitative estimate of drug-likeness (QED) is 0.819. The summed E-state index contributed by atoms with van der Waals surface area (Å²) in [4.78, 5) is 16.7. The Kier molecular flexibility index (Phi) is 7.63. The molecule has 0 aliphatic carbocycles. The molecule has 0 radical (unpaired) electrons. The molecule has 1 saturated heterocycles. The molecular formula is C17H35N3O2. The highest BCUT2D eigenvalue weighted by Crippen LogP contribution is 2.13. The first-order valence-electron chi connectivity index (χ1n) is 8.59. The molecular weight excluding hydrogens is 278 g/mol. The van der Waals surface area contributed by atoms with Gasteiger partial charge in [0.05, 0.1) is 0 Å². The largest absolute Gasteiger partial charge is 0.444 e. The van der Waals surface area contributed by atoms with Crippen molar-refractivity contribution in [3.63, 3.8) is 0 Å². The molecule has 22 heavy (non-hydrogen) atoms. The molecule has 1 amide bonds. The molecule has 1 heterocycles. The Morgan fingerprint density at radius 1 is 1.14 bits per heavy atom. The van der Waals surface area contributed by atoms with Crippen molar-refractivity contribution in [3.8, 4) is 0 Å². The summed E-state index contributed by atoms with van der Waals surface area (Å²) in [7, 11) is 2.19. The lowest BCUT2D eigenvalue weighted by atomic mass is 10.1. The van der Waals surface area contributed by atoms with E-state index in [1.165, 1.54) is 32.6 Å². The van der Waals surface area contributed by atoms with E-state index in [4.69, 9.17) is 4.74 Å². The minimum Gasteiger partial charge on any atom is -0.444 e. The van der Waals surface area contributed by atoms with Crippen LogP contribution in [0, 0.1) is 0 Å². The predicted octanol–water partition coefficient (Wildman–Crippen LogP) is 2.71. The van der Waals surface area contributed by atoms with Crippen LogP contribution in [0.25, 0.3) is 0 Å². The van der Waals surface area contributed by atoms with E-state index in [-0.39, 0.29) is 12.1 Å². The number of hydrogen-bond acceptors (Lipinski definition) is 4. The zero-order valence-electron chi connectivity index (χ0n) is 15.3. The molecule has 0 bridgehead atoms. The van der Waals surface area contributed by atoms with Gasteiger partial charge in [-0.15, -0.1) is 0 Å². The van der Waals surface area contributed by atoms with Crippen molar-refractivity contribution < 1.29 is 9.53 Å². The smallest absolute Gasteiger partial charge is 0.407 e. The van der Waals surface area contributed by atoms with Crippen molar-refractivity contribution in [2.24, 2.45) is 0 Å². The zero-order chi connectivity index (χ0) is 16.8. The monoisotopic (exact) mass is 313 g/mol. The average molecular weight is 313 g/mol. The van der Waals surface area contributed by atoms with Crippen LogP contribution >= 0.6 is 0 Å². The van der Waals surface area contributed by atoms with E-state index >= 15 is 0 Å². The van der Waals surface area contributed by atoms with Gasteiger partial charge in [0.2, 0.25) is 0 Å². The van der Waals surface area contributed by atoms with Crippen LogP contribution in [-0.4, -0.2) is 66.8 Å². The molecule has 1 fully saturated rings. The van der Waals surface area contributed by atoms with Gasteiger partial charge in [-0.1, -0.05) is 0 Å². The van der Waals surface area contributed by atoms with E-state index < -0.39 is 5.60 Å². The van der Waals surface area contributed by atoms with Crippen LogP contribution in [-0.2, 0) is 4.74 Å². The number of carbonyl (C=O) groups is 1. The summed E-state index contributed by atoms with van der Waals surface area (Å²) in [6.45, 7) is 14.7. The maximum absolute atomic E-state index is 11.7. The van der Waals surface area contributed by atoms with Crippen LogP contribution in [0.3, 0.4) is 0 Å². The minimum atomic E-state index is -0.431. The first kappa shape index (κ1) is 19.2. The van der Waals surface area contributed by atoms with E-state index in [1.807, 2.05) is 27.7 Å².